The molecule has 0 spiro atoms. The van der Waals surface area contributed by atoms with Crippen LogP contribution >= 0.6 is 0 Å². The van der Waals surface area contributed by atoms with Crippen molar-refractivity contribution in [3.63, 3.8) is 0 Å². The summed E-state index contributed by atoms with van der Waals surface area (Å²) in [4.78, 5) is 0. The van der Waals surface area contributed by atoms with Gasteiger partial charge in [0.25, 0.3) is 0 Å². The van der Waals surface area contributed by atoms with Gasteiger partial charge in [-0.1, -0.05) is 55.7 Å². The Hall–Kier alpha value is -1.04. The minimum Gasteiger partial charge on any atom is -0.0664 e. The maximum Gasteiger partial charge on any atom is -0.0225 e. The van der Waals surface area contributed by atoms with E-state index in [2.05, 4.69) is 45.0 Å². The maximum atomic E-state index is 2.39. The van der Waals surface area contributed by atoms with Gasteiger partial charge in [0.05, 0.1) is 0 Å². The Morgan fingerprint density at radius 2 is 1.89 bits per heavy atom. The van der Waals surface area contributed by atoms with E-state index in [4.69, 9.17) is 0 Å². The second-order valence-electron chi connectivity index (χ2n) is 5.90. The molecule has 1 unspecified atom stereocenters. The average Bonchev–Trinajstić information content (AvgIpc) is 2.38. The zero-order valence-electron chi connectivity index (χ0n) is 12.1. The third-order valence-electron chi connectivity index (χ3n) is 4.15. The first-order chi connectivity index (χ1) is 8.70. The van der Waals surface area contributed by atoms with Crippen LogP contribution in [0.5, 0.6) is 0 Å². The monoisotopic (exact) mass is 242 g/mol. The Bertz CT molecular complexity index is 408. The molecule has 1 aromatic carbocycles. The Balaban J connectivity index is 2.27. The first-order valence-electron chi connectivity index (χ1n) is 7.48. The van der Waals surface area contributed by atoms with Crippen LogP contribution in [0, 0.1) is 12.8 Å². The molecule has 0 aliphatic heterocycles. The molecule has 2 rings (SSSR count). The van der Waals surface area contributed by atoms with Gasteiger partial charge in [0.2, 0.25) is 0 Å². The molecule has 0 radical (unpaired) electrons. The van der Waals surface area contributed by atoms with Crippen LogP contribution in [0.4, 0.5) is 0 Å². The van der Waals surface area contributed by atoms with Crippen molar-refractivity contribution < 1.29 is 0 Å². The smallest absolute Gasteiger partial charge is 0.0225 e. The molecular weight excluding hydrogens is 216 g/mol. The van der Waals surface area contributed by atoms with E-state index in [1.165, 1.54) is 49.7 Å². The molecule has 0 saturated carbocycles. The summed E-state index contributed by atoms with van der Waals surface area (Å²) in [6, 6.07) is 9.13. The van der Waals surface area contributed by atoms with Gasteiger partial charge in [0.15, 0.2) is 0 Å². The molecular formula is C18H26. The second-order valence-corrected chi connectivity index (χ2v) is 5.90. The Morgan fingerprint density at radius 3 is 2.56 bits per heavy atom. The van der Waals surface area contributed by atoms with E-state index in [0.717, 1.165) is 5.92 Å². The molecule has 0 aromatic heterocycles. The van der Waals surface area contributed by atoms with E-state index in [0.29, 0.717) is 0 Å². The number of rotatable bonds is 4. The molecule has 18 heavy (non-hydrogen) atoms. The van der Waals surface area contributed by atoms with E-state index in [-0.39, 0.29) is 0 Å². The van der Waals surface area contributed by atoms with Crippen molar-refractivity contribution in [1.29, 1.82) is 0 Å². The molecule has 0 fully saturated rings. The van der Waals surface area contributed by atoms with Crippen LogP contribution in [-0.4, -0.2) is 0 Å². The van der Waals surface area contributed by atoms with Crippen molar-refractivity contribution in [3.8, 4) is 0 Å². The Labute approximate surface area is 112 Å². The fourth-order valence-corrected chi connectivity index (χ4v) is 2.91. The average molecular weight is 242 g/mol. The Kier molecular flexibility index (Phi) is 4.63. The number of hydrogen-bond acceptors (Lipinski definition) is 0. The Morgan fingerprint density at radius 1 is 1.17 bits per heavy atom. The summed E-state index contributed by atoms with van der Waals surface area (Å²) in [6.07, 6.45) is 7.95. The van der Waals surface area contributed by atoms with Gasteiger partial charge in [-0.25, -0.2) is 0 Å². The highest BCUT2D eigenvalue weighted by Gasteiger charge is 2.18. The van der Waals surface area contributed by atoms with Gasteiger partial charge < -0.3 is 0 Å². The second kappa shape index (κ2) is 6.22. The first kappa shape index (κ1) is 13.4. The van der Waals surface area contributed by atoms with Crippen molar-refractivity contribution >= 4 is 5.57 Å². The van der Waals surface area contributed by atoms with Crippen molar-refractivity contribution in [1.82, 2.24) is 0 Å². The van der Waals surface area contributed by atoms with Crippen LogP contribution in [0.25, 0.3) is 5.57 Å². The highest BCUT2D eigenvalue weighted by molar-refractivity contribution is 5.69. The molecule has 0 heteroatoms. The van der Waals surface area contributed by atoms with Crippen LogP contribution < -0.4 is 0 Å². The lowest BCUT2D eigenvalue weighted by molar-refractivity contribution is 0.513. The normalized spacial score (nSPS) is 20.3. The minimum atomic E-state index is 0.853. The third-order valence-corrected chi connectivity index (χ3v) is 4.15. The summed E-state index contributed by atoms with van der Waals surface area (Å²) in [6.45, 7) is 6.85. The summed E-state index contributed by atoms with van der Waals surface area (Å²) in [5, 5.41) is 0. The van der Waals surface area contributed by atoms with Crippen molar-refractivity contribution in [2.45, 2.75) is 59.3 Å². The van der Waals surface area contributed by atoms with Crippen LogP contribution in [0.3, 0.4) is 0 Å². The van der Waals surface area contributed by atoms with Crippen molar-refractivity contribution in [2.75, 3.05) is 0 Å². The quantitative estimate of drug-likeness (QED) is 0.629. The molecule has 1 aliphatic carbocycles. The van der Waals surface area contributed by atoms with E-state index < -0.39 is 0 Å². The zero-order valence-corrected chi connectivity index (χ0v) is 12.1. The summed E-state index contributed by atoms with van der Waals surface area (Å²) < 4.78 is 0. The maximum absolute atomic E-state index is 2.39. The lowest BCUT2D eigenvalue weighted by Gasteiger charge is -2.25. The van der Waals surface area contributed by atoms with Crippen LogP contribution in [-0.2, 0) is 0 Å². The first-order valence-corrected chi connectivity index (χ1v) is 7.48. The van der Waals surface area contributed by atoms with Gasteiger partial charge in [-0.05, 0) is 56.1 Å². The molecule has 0 saturated heterocycles. The fraction of sp³-hybridized carbons (Fsp3) is 0.556. The standard InChI is InChI=1S/C18H26/c1-4-5-6-16-12-9-15(3)13-18(16)17-10-7-14(2)8-11-17/h7-8,10-11,15H,4-6,9,12-13H2,1-3H3. The summed E-state index contributed by atoms with van der Waals surface area (Å²) in [5.41, 5.74) is 6.22. The highest BCUT2D eigenvalue weighted by Crippen LogP contribution is 2.37. The van der Waals surface area contributed by atoms with Crippen molar-refractivity contribution in [3.05, 3.63) is 41.0 Å². The van der Waals surface area contributed by atoms with Crippen molar-refractivity contribution in [2.24, 2.45) is 5.92 Å². The topological polar surface area (TPSA) is 0 Å². The lowest BCUT2D eigenvalue weighted by atomic mass is 9.80. The summed E-state index contributed by atoms with van der Waals surface area (Å²) in [7, 11) is 0. The van der Waals surface area contributed by atoms with E-state index in [1.54, 1.807) is 11.1 Å². The lowest BCUT2D eigenvalue weighted by Crippen LogP contribution is -2.07. The number of aryl methyl sites for hydroxylation is 1. The van der Waals surface area contributed by atoms with Gasteiger partial charge in [-0.2, -0.15) is 0 Å². The number of unbranched alkanes of at least 4 members (excludes halogenated alkanes) is 1. The zero-order chi connectivity index (χ0) is 13.0. The molecule has 98 valence electrons. The van der Waals surface area contributed by atoms with Gasteiger partial charge in [0.1, 0.15) is 0 Å². The van der Waals surface area contributed by atoms with Gasteiger partial charge >= 0.3 is 0 Å². The molecule has 0 bridgehead atoms. The van der Waals surface area contributed by atoms with Crippen LogP contribution in [0.1, 0.15) is 63.5 Å². The molecule has 0 nitrogen and oxygen atoms in total. The molecule has 0 N–H and O–H groups in total. The predicted octanol–water partition coefficient (Wildman–Crippen LogP) is 5.76. The number of hydrogen-bond donors (Lipinski definition) is 0. The largest absolute Gasteiger partial charge is 0.0664 e. The number of allylic oxidation sites excluding steroid dienone is 2. The van der Waals surface area contributed by atoms with E-state index in [1.807, 2.05) is 0 Å². The van der Waals surface area contributed by atoms with Gasteiger partial charge in [-0.15, -0.1) is 0 Å². The summed E-state index contributed by atoms with van der Waals surface area (Å²) >= 11 is 0. The fourth-order valence-electron chi connectivity index (χ4n) is 2.91. The molecule has 1 atom stereocenters. The molecule has 0 heterocycles. The molecule has 0 amide bonds. The van der Waals surface area contributed by atoms with Gasteiger partial charge in [-0.3, -0.25) is 0 Å². The summed E-state index contributed by atoms with van der Waals surface area (Å²) in [5.74, 6) is 0.853. The molecule has 1 aromatic rings. The minimum absolute atomic E-state index is 0.853. The highest BCUT2D eigenvalue weighted by atomic mass is 14.2. The molecule has 1 aliphatic rings. The van der Waals surface area contributed by atoms with Gasteiger partial charge in [0, 0.05) is 0 Å². The third kappa shape index (κ3) is 3.25. The van der Waals surface area contributed by atoms with E-state index in [9.17, 15) is 0 Å². The predicted molar refractivity (Wildman–Crippen MR) is 80.6 cm³/mol. The SMILES string of the molecule is CCCCC1=C(c2ccc(C)cc2)CC(C)CC1. The van der Waals surface area contributed by atoms with Crippen LogP contribution in [0.15, 0.2) is 29.8 Å². The van der Waals surface area contributed by atoms with Crippen LogP contribution in [0.2, 0.25) is 0 Å². The van der Waals surface area contributed by atoms with E-state index >= 15 is 0 Å². The number of benzene rings is 1.